The lowest BCUT2D eigenvalue weighted by Gasteiger charge is -2.31. The molecular formula is C25H33N3O2. The maximum absolute atomic E-state index is 12.8. The molecule has 1 heterocycles. The molecule has 1 amide bonds. The standard InChI is InChI=1S/C25H33N3O2/c1-19-7-9-20(10-8-19)25(21-11-12-21)26-24(29)18-27(2)17-22-5-3-4-6-23(22)28-13-15-30-16-14-28/h3-10,21,25H,11-18H2,1-2H3,(H,26,29). The minimum atomic E-state index is 0.0961. The van der Waals surface area contributed by atoms with Crippen LogP contribution >= 0.6 is 0 Å². The van der Waals surface area contributed by atoms with Crippen molar-refractivity contribution in [3.8, 4) is 0 Å². The quantitative estimate of drug-likeness (QED) is 0.727. The molecule has 1 aliphatic heterocycles. The lowest BCUT2D eigenvalue weighted by atomic mass is 10.0. The van der Waals surface area contributed by atoms with Gasteiger partial charge in [-0.1, -0.05) is 48.0 Å². The largest absolute Gasteiger partial charge is 0.378 e. The summed E-state index contributed by atoms with van der Waals surface area (Å²) in [6, 6.07) is 17.2. The molecule has 160 valence electrons. The zero-order valence-corrected chi connectivity index (χ0v) is 18.1. The van der Waals surface area contributed by atoms with Crippen molar-refractivity contribution in [2.24, 2.45) is 5.92 Å². The monoisotopic (exact) mass is 407 g/mol. The van der Waals surface area contributed by atoms with Gasteiger partial charge in [-0.15, -0.1) is 0 Å². The average Bonchev–Trinajstić information content (AvgIpc) is 3.59. The maximum Gasteiger partial charge on any atom is 0.234 e. The van der Waals surface area contributed by atoms with Crippen LogP contribution in [-0.2, 0) is 16.1 Å². The van der Waals surface area contributed by atoms with Gasteiger partial charge < -0.3 is 15.0 Å². The molecular weight excluding hydrogens is 374 g/mol. The molecule has 1 atom stereocenters. The van der Waals surface area contributed by atoms with Gasteiger partial charge in [-0.25, -0.2) is 0 Å². The fourth-order valence-corrected chi connectivity index (χ4v) is 4.24. The van der Waals surface area contributed by atoms with Gasteiger partial charge in [0.15, 0.2) is 0 Å². The molecule has 1 saturated heterocycles. The highest BCUT2D eigenvalue weighted by Gasteiger charge is 2.33. The normalized spacial score (nSPS) is 17.8. The number of rotatable bonds is 8. The summed E-state index contributed by atoms with van der Waals surface area (Å²) in [6.07, 6.45) is 2.39. The lowest BCUT2D eigenvalue weighted by Crippen LogP contribution is -2.39. The molecule has 2 aromatic rings. The second kappa shape index (κ2) is 9.63. The predicted molar refractivity (Wildman–Crippen MR) is 121 cm³/mol. The Morgan fingerprint density at radius 1 is 1.13 bits per heavy atom. The lowest BCUT2D eigenvalue weighted by molar-refractivity contribution is -0.123. The van der Waals surface area contributed by atoms with Crippen LogP contribution < -0.4 is 10.2 Å². The molecule has 1 N–H and O–H groups in total. The predicted octanol–water partition coefficient (Wildman–Crippen LogP) is 3.53. The first-order chi connectivity index (χ1) is 14.6. The number of carbonyl (C=O) groups is 1. The number of para-hydroxylation sites is 1. The molecule has 1 saturated carbocycles. The number of ether oxygens (including phenoxy) is 1. The third-order valence-electron chi connectivity index (χ3n) is 6.04. The van der Waals surface area contributed by atoms with Crippen molar-refractivity contribution in [1.29, 1.82) is 0 Å². The van der Waals surface area contributed by atoms with Gasteiger partial charge in [0.1, 0.15) is 0 Å². The smallest absolute Gasteiger partial charge is 0.234 e. The highest BCUT2D eigenvalue weighted by molar-refractivity contribution is 5.78. The van der Waals surface area contributed by atoms with E-state index < -0.39 is 0 Å². The number of anilines is 1. The van der Waals surface area contributed by atoms with Crippen LogP contribution in [0.25, 0.3) is 0 Å². The highest BCUT2D eigenvalue weighted by atomic mass is 16.5. The van der Waals surface area contributed by atoms with Gasteiger partial charge in [0.2, 0.25) is 5.91 Å². The molecule has 2 aliphatic rings. The Labute approximate surface area is 180 Å². The summed E-state index contributed by atoms with van der Waals surface area (Å²) >= 11 is 0. The van der Waals surface area contributed by atoms with E-state index in [0.29, 0.717) is 12.5 Å². The number of morpholine rings is 1. The maximum atomic E-state index is 12.8. The number of benzene rings is 2. The van der Waals surface area contributed by atoms with Gasteiger partial charge in [0, 0.05) is 25.3 Å². The fraction of sp³-hybridized carbons (Fsp3) is 0.480. The Hall–Kier alpha value is -2.37. The van der Waals surface area contributed by atoms with Crippen LogP contribution in [0.1, 0.15) is 35.6 Å². The number of aryl methyl sites for hydroxylation is 1. The van der Waals surface area contributed by atoms with Crippen molar-refractivity contribution in [3.63, 3.8) is 0 Å². The van der Waals surface area contributed by atoms with E-state index in [9.17, 15) is 4.79 Å². The first-order valence-corrected chi connectivity index (χ1v) is 11.1. The third kappa shape index (κ3) is 5.41. The number of hydrogen-bond donors (Lipinski definition) is 1. The molecule has 4 rings (SSSR count). The number of carbonyl (C=O) groups excluding carboxylic acids is 1. The van der Waals surface area contributed by atoms with Crippen LogP contribution in [0, 0.1) is 12.8 Å². The van der Waals surface area contributed by atoms with Crippen molar-refractivity contribution >= 4 is 11.6 Å². The topological polar surface area (TPSA) is 44.8 Å². The SMILES string of the molecule is Cc1ccc(C(NC(=O)CN(C)Cc2ccccc2N2CCOCC2)C2CC2)cc1. The molecule has 1 aliphatic carbocycles. The number of likely N-dealkylation sites (N-methyl/N-ethyl adjacent to an activating group) is 1. The fourth-order valence-electron chi connectivity index (χ4n) is 4.24. The van der Waals surface area contributed by atoms with Gasteiger partial charge in [0.05, 0.1) is 25.8 Å². The Kier molecular flexibility index (Phi) is 6.70. The van der Waals surface area contributed by atoms with Crippen molar-refractivity contribution in [2.45, 2.75) is 32.4 Å². The Morgan fingerprint density at radius 2 is 1.83 bits per heavy atom. The molecule has 2 fully saturated rings. The Morgan fingerprint density at radius 3 is 2.53 bits per heavy atom. The van der Waals surface area contributed by atoms with Gasteiger partial charge in [-0.3, -0.25) is 9.69 Å². The van der Waals surface area contributed by atoms with E-state index in [2.05, 4.69) is 70.6 Å². The van der Waals surface area contributed by atoms with Crippen molar-refractivity contribution in [3.05, 3.63) is 65.2 Å². The zero-order valence-electron chi connectivity index (χ0n) is 18.1. The first-order valence-electron chi connectivity index (χ1n) is 11.1. The second-order valence-electron chi connectivity index (χ2n) is 8.69. The summed E-state index contributed by atoms with van der Waals surface area (Å²) in [4.78, 5) is 17.3. The Bertz CT molecular complexity index is 842. The van der Waals surface area contributed by atoms with E-state index >= 15 is 0 Å². The molecule has 0 aromatic heterocycles. The van der Waals surface area contributed by atoms with Crippen LogP contribution in [0.4, 0.5) is 5.69 Å². The molecule has 5 heteroatoms. The van der Waals surface area contributed by atoms with Crippen molar-refractivity contribution in [2.75, 3.05) is 44.8 Å². The molecule has 30 heavy (non-hydrogen) atoms. The first kappa shape index (κ1) is 20.9. The average molecular weight is 408 g/mol. The summed E-state index contributed by atoms with van der Waals surface area (Å²) in [7, 11) is 2.02. The molecule has 1 unspecified atom stereocenters. The van der Waals surface area contributed by atoms with Gasteiger partial charge in [0.25, 0.3) is 0 Å². The van der Waals surface area contributed by atoms with Crippen molar-refractivity contribution < 1.29 is 9.53 Å². The number of nitrogens with zero attached hydrogens (tertiary/aromatic N) is 2. The number of hydrogen-bond acceptors (Lipinski definition) is 4. The third-order valence-corrected chi connectivity index (χ3v) is 6.04. The van der Waals surface area contributed by atoms with E-state index in [1.807, 2.05) is 7.05 Å². The minimum absolute atomic E-state index is 0.0961. The summed E-state index contributed by atoms with van der Waals surface area (Å²) in [6.45, 7) is 6.62. The Balaban J connectivity index is 1.36. The van der Waals surface area contributed by atoms with Gasteiger partial charge in [-0.05, 0) is 49.9 Å². The molecule has 0 radical (unpaired) electrons. The second-order valence-corrected chi connectivity index (χ2v) is 8.69. The molecule has 0 bridgehead atoms. The van der Waals surface area contributed by atoms with Crippen molar-refractivity contribution in [1.82, 2.24) is 10.2 Å². The van der Waals surface area contributed by atoms with Crippen LogP contribution in [0.2, 0.25) is 0 Å². The van der Waals surface area contributed by atoms with Crippen LogP contribution in [-0.4, -0.2) is 50.7 Å². The highest BCUT2D eigenvalue weighted by Crippen LogP contribution is 2.41. The number of amides is 1. The zero-order chi connectivity index (χ0) is 20.9. The van der Waals surface area contributed by atoms with E-state index in [1.165, 1.54) is 35.2 Å². The molecule has 0 spiro atoms. The summed E-state index contributed by atoms with van der Waals surface area (Å²) in [5.41, 5.74) is 4.98. The van der Waals surface area contributed by atoms with E-state index in [-0.39, 0.29) is 11.9 Å². The minimum Gasteiger partial charge on any atom is -0.378 e. The van der Waals surface area contributed by atoms with E-state index in [0.717, 1.165) is 32.8 Å². The van der Waals surface area contributed by atoms with Crippen LogP contribution in [0.5, 0.6) is 0 Å². The summed E-state index contributed by atoms with van der Waals surface area (Å²) in [5.74, 6) is 0.669. The molecule has 5 nitrogen and oxygen atoms in total. The van der Waals surface area contributed by atoms with E-state index in [4.69, 9.17) is 4.74 Å². The van der Waals surface area contributed by atoms with Crippen LogP contribution in [0.15, 0.2) is 48.5 Å². The van der Waals surface area contributed by atoms with Crippen LogP contribution in [0.3, 0.4) is 0 Å². The van der Waals surface area contributed by atoms with E-state index in [1.54, 1.807) is 0 Å². The molecule has 2 aromatic carbocycles. The number of nitrogens with one attached hydrogen (secondary N) is 1. The van der Waals surface area contributed by atoms with Gasteiger partial charge in [-0.2, -0.15) is 0 Å². The summed E-state index contributed by atoms with van der Waals surface area (Å²) in [5, 5.41) is 3.30. The van der Waals surface area contributed by atoms with Gasteiger partial charge >= 0.3 is 0 Å². The summed E-state index contributed by atoms with van der Waals surface area (Å²) < 4.78 is 5.49.